The van der Waals surface area contributed by atoms with Crippen molar-refractivity contribution < 1.29 is 52.1 Å². The van der Waals surface area contributed by atoms with E-state index in [0.29, 0.717) is 22.5 Å². The number of hydrogen-bond donors (Lipinski definition) is 5. The van der Waals surface area contributed by atoms with Crippen molar-refractivity contribution in [2.24, 2.45) is 29.4 Å². The van der Waals surface area contributed by atoms with Crippen molar-refractivity contribution in [2.75, 3.05) is 45.1 Å². The molecular formula is C32H36F3N5O8. The molecule has 0 spiro atoms. The molecule has 6 atom stereocenters. The maximum Gasteiger partial charge on any atom is 0.573 e. The molecule has 2 fully saturated rings. The van der Waals surface area contributed by atoms with Crippen LogP contribution < -0.4 is 26.0 Å². The molecule has 0 radical (unpaired) electrons. The third kappa shape index (κ3) is 5.88. The van der Waals surface area contributed by atoms with Crippen molar-refractivity contribution >= 4 is 40.4 Å². The lowest BCUT2D eigenvalue weighted by atomic mass is 9.52. The average molecular weight is 676 g/mol. The second-order valence-electron chi connectivity index (χ2n) is 12.8. The molecule has 16 heteroatoms. The van der Waals surface area contributed by atoms with E-state index >= 15 is 0 Å². The molecule has 258 valence electrons. The number of anilines is 2. The first-order valence-corrected chi connectivity index (χ1v) is 15.1. The van der Waals surface area contributed by atoms with Crippen molar-refractivity contribution in [3.8, 4) is 11.5 Å². The van der Waals surface area contributed by atoms with E-state index in [2.05, 4.69) is 15.4 Å². The molecule has 6 N–H and O–H groups in total. The number of nitrogens with one attached hydrogen (secondary N) is 2. The van der Waals surface area contributed by atoms with Gasteiger partial charge in [-0.05, 0) is 68.8 Å². The van der Waals surface area contributed by atoms with Crippen molar-refractivity contribution in [1.82, 2.24) is 10.2 Å². The van der Waals surface area contributed by atoms with E-state index in [9.17, 15) is 47.4 Å². The molecular weight excluding hydrogens is 639 g/mol. The molecule has 2 aromatic carbocycles. The number of alkyl halides is 3. The highest BCUT2D eigenvalue weighted by molar-refractivity contribution is 6.32. The van der Waals surface area contributed by atoms with Gasteiger partial charge in [-0.25, -0.2) is 0 Å². The van der Waals surface area contributed by atoms with Gasteiger partial charge < -0.3 is 30.9 Å². The lowest BCUT2D eigenvalue weighted by molar-refractivity contribution is -0.274. The normalized spacial score (nSPS) is 26.9. The van der Waals surface area contributed by atoms with E-state index in [1.807, 2.05) is 0 Å². The minimum absolute atomic E-state index is 0.0228. The number of amides is 1. The number of primary amides is 1. The van der Waals surface area contributed by atoms with Gasteiger partial charge in [-0.15, -0.1) is 13.2 Å². The number of phenolic OH excluding ortho intramolecular Hbond substituents is 1. The molecule has 0 heterocycles. The average Bonchev–Trinajstić information content (AvgIpc) is 2.97. The topological polar surface area (TPSA) is 192 Å². The highest BCUT2D eigenvalue weighted by Crippen LogP contribution is 2.52. The number of ketones is 4. The Balaban J connectivity index is 1.42. The predicted molar refractivity (Wildman–Crippen MR) is 164 cm³/mol. The summed E-state index contributed by atoms with van der Waals surface area (Å²) in [6, 6.07) is 5.56. The van der Waals surface area contributed by atoms with Crippen LogP contribution in [0.25, 0.3) is 0 Å². The number of rotatable bonds is 9. The molecule has 2 saturated carbocycles. The van der Waals surface area contributed by atoms with Crippen LogP contribution in [-0.2, 0) is 32.1 Å². The smallest absolute Gasteiger partial charge is 0.507 e. The fourth-order valence-corrected chi connectivity index (χ4v) is 7.38. The number of Topliss-reactive ketones (excluding diaryl/α,β-unsaturated/α-hetero) is 4. The van der Waals surface area contributed by atoms with Crippen molar-refractivity contribution in [1.29, 1.82) is 0 Å². The van der Waals surface area contributed by atoms with Crippen LogP contribution in [0.3, 0.4) is 0 Å². The lowest BCUT2D eigenvalue weighted by Crippen LogP contribution is -2.74. The number of aliphatic hydroxyl groups is 1. The number of ether oxygens (including phenoxy) is 1. The molecule has 3 aliphatic rings. The lowest BCUT2D eigenvalue weighted by Gasteiger charge is -2.52. The number of halogens is 3. The Kier molecular flexibility index (Phi) is 9.05. The Labute approximate surface area is 273 Å². The van der Waals surface area contributed by atoms with Crippen LogP contribution >= 0.6 is 0 Å². The van der Waals surface area contributed by atoms with Crippen LogP contribution in [0.15, 0.2) is 30.3 Å². The minimum atomic E-state index is -4.82. The number of carbonyl (C=O) groups excluding carboxylic acids is 5. The number of nitrogens with two attached hydrogens (primary N) is 1. The van der Waals surface area contributed by atoms with Gasteiger partial charge in [-0.2, -0.15) is 0 Å². The van der Waals surface area contributed by atoms with E-state index in [1.54, 1.807) is 25.1 Å². The van der Waals surface area contributed by atoms with Gasteiger partial charge in [0.2, 0.25) is 5.91 Å². The van der Waals surface area contributed by atoms with E-state index in [0.717, 1.165) is 12.1 Å². The molecule has 0 aromatic heterocycles. The van der Waals surface area contributed by atoms with E-state index in [-0.39, 0.29) is 37.4 Å². The predicted octanol–water partition coefficient (Wildman–Crippen LogP) is 0.991. The Morgan fingerprint density at radius 1 is 1.08 bits per heavy atom. The SMILES string of the molecule is CN(C)c1cc(CNCNc2ccc(OC(F)(F)F)cc2)c(O)c2c1CC1CC3[C@H](N(C)C)C(=O)C(C(N)=O)C(=O)[C@@]3(O)C(=O)C1C2=O. The number of carbonyl (C=O) groups is 5. The van der Waals surface area contributed by atoms with Crippen LogP contribution in [0.2, 0.25) is 0 Å². The van der Waals surface area contributed by atoms with Crippen LogP contribution in [0.5, 0.6) is 11.5 Å². The van der Waals surface area contributed by atoms with Gasteiger partial charge >= 0.3 is 6.36 Å². The summed E-state index contributed by atoms with van der Waals surface area (Å²) in [4.78, 5) is 70.4. The first kappa shape index (κ1) is 34.8. The standard InChI is InChI=1S/C32H36F3N5O8/c1-39(2)20-11-15(12-37-13-38-16-5-7-17(8-6-16)48-32(33,34)35)25(41)22-18(20)9-14-10-19-24(40(3)4)27(43)23(30(36)46)29(45)31(19,47)28(44)21(14)26(22)42/h5-8,11,14,19,21,23-24,37-38,41,47H,9-10,12-13H2,1-4H3,(H2,36,46)/t14?,19?,21?,23?,24-,31-/m0/s1. The van der Waals surface area contributed by atoms with Crippen molar-refractivity contribution in [2.45, 2.75) is 37.4 Å². The Hall–Kier alpha value is -4.54. The van der Waals surface area contributed by atoms with Gasteiger partial charge in [0.1, 0.15) is 11.5 Å². The summed E-state index contributed by atoms with van der Waals surface area (Å²) in [5.41, 5.74) is 4.24. The van der Waals surface area contributed by atoms with Crippen LogP contribution in [-0.4, -0.2) is 97.0 Å². The summed E-state index contributed by atoms with van der Waals surface area (Å²) in [5, 5.41) is 29.2. The Morgan fingerprint density at radius 3 is 2.29 bits per heavy atom. The van der Waals surface area contributed by atoms with Gasteiger partial charge in [0.05, 0.1) is 24.2 Å². The van der Waals surface area contributed by atoms with Crippen molar-refractivity contribution in [3.63, 3.8) is 0 Å². The minimum Gasteiger partial charge on any atom is -0.507 e. The number of fused-ring (bicyclic) bond motifs is 3. The summed E-state index contributed by atoms with van der Waals surface area (Å²) in [7, 11) is 6.52. The summed E-state index contributed by atoms with van der Waals surface area (Å²) >= 11 is 0. The zero-order chi connectivity index (χ0) is 35.5. The van der Waals surface area contributed by atoms with Gasteiger partial charge in [-0.1, -0.05) is 0 Å². The zero-order valence-corrected chi connectivity index (χ0v) is 26.6. The molecule has 1 amide bonds. The first-order chi connectivity index (χ1) is 22.4. The second kappa shape index (κ2) is 12.5. The second-order valence-corrected chi connectivity index (χ2v) is 12.8. The Morgan fingerprint density at radius 2 is 1.73 bits per heavy atom. The Bertz CT molecular complexity index is 1680. The third-order valence-electron chi connectivity index (χ3n) is 9.42. The van der Waals surface area contributed by atoms with Crippen LogP contribution in [0.1, 0.15) is 27.9 Å². The number of benzene rings is 2. The third-order valence-corrected chi connectivity index (χ3v) is 9.42. The van der Waals surface area contributed by atoms with Crippen LogP contribution in [0, 0.1) is 23.7 Å². The van der Waals surface area contributed by atoms with Crippen molar-refractivity contribution in [3.05, 3.63) is 47.0 Å². The maximum atomic E-state index is 14.2. The highest BCUT2D eigenvalue weighted by atomic mass is 19.4. The van der Waals surface area contributed by atoms with Gasteiger partial charge in [0.25, 0.3) is 0 Å². The molecule has 0 aliphatic heterocycles. The fourth-order valence-electron chi connectivity index (χ4n) is 7.38. The van der Waals surface area contributed by atoms with E-state index < -0.39 is 76.5 Å². The molecule has 5 rings (SSSR count). The summed E-state index contributed by atoms with van der Waals surface area (Å²) in [6.07, 6.45) is -4.75. The number of aromatic hydroxyl groups is 1. The summed E-state index contributed by atoms with van der Waals surface area (Å²) in [5.74, 6) is -11.7. The largest absolute Gasteiger partial charge is 0.573 e. The zero-order valence-electron chi connectivity index (χ0n) is 26.6. The fraction of sp³-hybridized carbons (Fsp3) is 0.469. The molecule has 4 unspecified atom stereocenters. The number of likely N-dealkylation sites (N-methyl/N-ethyl adjacent to an activating group) is 1. The summed E-state index contributed by atoms with van der Waals surface area (Å²) < 4.78 is 41.1. The molecule has 13 nitrogen and oxygen atoms in total. The van der Waals surface area contributed by atoms with Crippen LogP contribution in [0.4, 0.5) is 24.5 Å². The van der Waals surface area contributed by atoms with E-state index in [4.69, 9.17) is 5.73 Å². The van der Waals surface area contributed by atoms with Gasteiger partial charge in [-0.3, -0.25) is 34.2 Å². The molecule has 48 heavy (non-hydrogen) atoms. The molecule has 0 bridgehead atoms. The molecule has 0 saturated heterocycles. The van der Waals surface area contributed by atoms with E-state index in [1.165, 1.54) is 31.1 Å². The quantitative estimate of drug-likeness (QED) is 0.144. The van der Waals surface area contributed by atoms with Gasteiger partial charge in [0.15, 0.2) is 34.7 Å². The summed E-state index contributed by atoms with van der Waals surface area (Å²) in [6.45, 7) is 0.128. The number of nitrogens with zero attached hydrogens (tertiary/aromatic N) is 2. The molecule has 2 aromatic rings. The monoisotopic (exact) mass is 675 g/mol. The maximum absolute atomic E-state index is 14.2. The highest BCUT2D eigenvalue weighted by Gasteiger charge is 2.69. The molecule has 3 aliphatic carbocycles. The van der Waals surface area contributed by atoms with Gasteiger partial charge in [0, 0.05) is 43.5 Å². The number of phenols is 1. The number of hydrogen-bond acceptors (Lipinski definition) is 12. The first-order valence-electron chi connectivity index (χ1n) is 15.1.